The zero-order valence-electron chi connectivity index (χ0n) is 14.5. The van der Waals surface area contributed by atoms with Gasteiger partial charge in [-0.2, -0.15) is 0 Å². The number of rotatable bonds is 1. The van der Waals surface area contributed by atoms with Gasteiger partial charge in [-0.05, 0) is 24.6 Å². The summed E-state index contributed by atoms with van der Waals surface area (Å²) in [6, 6.07) is 8.83. The normalized spacial score (nSPS) is 20.1. The van der Waals surface area contributed by atoms with Gasteiger partial charge in [-0.1, -0.05) is 19.1 Å². The number of esters is 1. The van der Waals surface area contributed by atoms with Crippen LogP contribution in [0, 0.1) is 0 Å². The molecule has 4 heterocycles. The van der Waals surface area contributed by atoms with Crippen LogP contribution < -0.4 is 5.56 Å². The Morgan fingerprint density at radius 1 is 1.26 bits per heavy atom. The van der Waals surface area contributed by atoms with Crippen molar-refractivity contribution >= 4 is 16.9 Å². The van der Waals surface area contributed by atoms with Gasteiger partial charge in [0.25, 0.3) is 5.56 Å². The molecule has 0 radical (unpaired) electrons. The summed E-state index contributed by atoms with van der Waals surface area (Å²) in [6.45, 7) is 1.67. The average Bonchev–Trinajstić information content (AvgIpc) is 3.05. The molecule has 0 bridgehead atoms. The molecule has 7 nitrogen and oxygen atoms in total. The van der Waals surface area contributed by atoms with Gasteiger partial charge < -0.3 is 19.5 Å². The van der Waals surface area contributed by atoms with Crippen LogP contribution in [-0.4, -0.2) is 25.7 Å². The Hall–Kier alpha value is -3.19. The van der Waals surface area contributed by atoms with Crippen LogP contribution in [-0.2, 0) is 28.3 Å². The molecule has 2 N–H and O–H groups in total. The van der Waals surface area contributed by atoms with E-state index in [1.165, 1.54) is 4.57 Å². The largest absolute Gasteiger partial charge is 0.507 e. The summed E-state index contributed by atoms with van der Waals surface area (Å²) in [6.07, 6.45) is 0.0883. The van der Waals surface area contributed by atoms with E-state index in [0.717, 1.165) is 0 Å². The molecule has 0 aliphatic carbocycles. The summed E-state index contributed by atoms with van der Waals surface area (Å²) in [7, 11) is 0. The lowest BCUT2D eigenvalue weighted by molar-refractivity contribution is -0.172. The summed E-state index contributed by atoms with van der Waals surface area (Å²) in [5.74, 6) is -0.663. The third-order valence-corrected chi connectivity index (χ3v) is 5.56. The second-order valence-electron chi connectivity index (χ2n) is 6.91. The molecule has 1 atom stereocenters. The number of ether oxygens (including phenoxy) is 1. The Bertz CT molecular complexity index is 1210. The predicted octanol–water partition coefficient (Wildman–Crippen LogP) is 1.79. The van der Waals surface area contributed by atoms with Crippen molar-refractivity contribution in [2.45, 2.75) is 32.1 Å². The van der Waals surface area contributed by atoms with Gasteiger partial charge in [0.1, 0.15) is 12.4 Å². The number of para-hydroxylation sites is 1. The number of fused-ring (bicyclic) bond motifs is 5. The summed E-state index contributed by atoms with van der Waals surface area (Å²) < 4.78 is 6.55. The van der Waals surface area contributed by atoms with Crippen molar-refractivity contribution < 1.29 is 19.7 Å². The molecule has 27 heavy (non-hydrogen) atoms. The standard InChI is InChI=1S/C20H16N2O5/c1-2-20(26)13-7-15-16-11(17(23)10-5-3-4-6-14(10)21-16)8-22(15)18(24)12(13)9-27-19(20)25/h3-7,26H,2,8-9H2,1H3,(H,21,23). The van der Waals surface area contributed by atoms with Gasteiger partial charge in [0, 0.05) is 16.5 Å². The van der Waals surface area contributed by atoms with Gasteiger partial charge in [-0.25, -0.2) is 9.78 Å². The molecule has 0 spiro atoms. The molecule has 0 saturated heterocycles. The molecule has 1 aromatic carbocycles. The molecule has 1 unspecified atom stereocenters. The number of cyclic esters (lactones) is 1. The first-order chi connectivity index (χ1) is 13.0. The average molecular weight is 364 g/mol. The number of aliphatic hydroxyl groups is 1. The number of nitrogens with zero attached hydrogens (tertiary/aromatic N) is 2. The van der Waals surface area contributed by atoms with Crippen molar-refractivity contribution in [3.05, 3.63) is 57.4 Å². The minimum Gasteiger partial charge on any atom is -0.507 e. The van der Waals surface area contributed by atoms with Crippen molar-refractivity contribution in [2.75, 3.05) is 0 Å². The van der Waals surface area contributed by atoms with E-state index in [1.807, 2.05) is 12.1 Å². The number of benzene rings is 1. The maximum Gasteiger partial charge on any atom is 0.343 e. The Morgan fingerprint density at radius 3 is 2.81 bits per heavy atom. The van der Waals surface area contributed by atoms with E-state index in [-0.39, 0.29) is 42.0 Å². The molecular weight excluding hydrogens is 348 g/mol. The van der Waals surface area contributed by atoms with E-state index in [4.69, 9.17) is 4.74 Å². The molecule has 7 heteroatoms. The van der Waals surface area contributed by atoms with Gasteiger partial charge in [0.15, 0.2) is 5.60 Å². The summed E-state index contributed by atoms with van der Waals surface area (Å²) in [5, 5.41) is 22.2. The third kappa shape index (κ3) is 1.92. The number of hydrogen-bond donors (Lipinski definition) is 2. The van der Waals surface area contributed by atoms with Crippen LogP contribution in [0.1, 0.15) is 30.0 Å². The fourth-order valence-corrected chi connectivity index (χ4v) is 4.01. The number of pyridine rings is 2. The molecule has 5 rings (SSSR count). The molecule has 0 saturated carbocycles. The van der Waals surface area contributed by atoms with Gasteiger partial charge in [-0.3, -0.25) is 4.79 Å². The number of carbonyl (C=O) groups is 1. The van der Waals surface area contributed by atoms with E-state index in [1.54, 1.807) is 25.1 Å². The van der Waals surface area contributed by atoms with Gasteiger partial charge >= 0.3 is 5.97 Å². The highest BCUT2D eigenvalue weighted by Crippen LogP contribution is 2.42. The zero-order chi connectivity index (χ0) is 18.9. The first kappa shape index (κ1) is 16.0. The maximum atomic E-state index is 13.0. The fourth-order valence-electron chi connectivity index (χ4n) is 4.01. The molecular formula is C20H16N2O5. The van der Waals surface area contributed by atoms with Crippen LogP contribution in [0.5, 0.6) is 5.75 Å². The Labute approximate surface area is 153 Å². The van der Waals surface area contributed by atoms with Crippen LogP contribution in [0.4, 0.5) is 0 Å². The molecule has 0 amide bonds. The van der Waals surface area contributed by atoms with Crippen LogP contribution in [0.25, 0.3) is 22.3 Å². The van der Waals surface area contributed by atoms with Crippen molar-refractivity contribution in [3.8, 4) is 17.1 Å². The van der Waals surface area contributed by atoms with Crippen LogP contribution in [0.15, 0.2) is 35.1 Å². The van der Waals surface area contributed by atoms with Crippen molar-refractivity contribution in [1.29, 1.82) is 0 Å². The van der Waals surface area contributed by atoms with Gasteiger partial charge in [-0.15, -0.1) is 0 Å². The fraction of sp³-hybridized carbons (Fsp3) is 0.250. The smallest absolute Gasteiger partial charge is 0.343 e. The van der Waals surface area contributed by atoms with Crippen LogP contribution in [0.2, 0.25) is 0 Å². The van der Waals surface area contributed by atoms with Gasteiger partial charge in [0.2, 0.25) is 0 Å². The minimum atomic E-state index is -1.86. The number of carbonyl (C=O) groups excluding carboxylic acids is 1. The third-order valence-electron chi connectivity index (χ3n) is 5.56. The maximum absolute atomic E-state index is 13.0. The highest BCUT2D eigenvalue weighted by molar-refractivity contribution is 5.91. The summed E-state index contributed by atoms with van der Waals surface area (Å²) in [5.41, 5.74) is 0.463. The summed E-state index contributed by atoms with van der Waals surface area (Å²) in [4.78, 5) is 29.8. The minimum absolute atomic E-state index is 0.0883. The molecule has 2 aliphatic rings. The first-order valence-electron chi connectivity index (χ1n) is 8.73. The SMILES string of the molecule is CCC1(O)C(=O)OCc2c1cc1n(c2=O)Cc2c-1nc1ccccc1c2O. The van der Waals surface area contributed by atoms with E-state index >= 15 is 0 Å². The number of aromatic nitrogens is 2. The zero-order valence-corrected chi connectivity index (χ0v) is 14.5. The number of hydrogen-bond acceptors (Lipinski definition) is 6. The Morgan fingerprint density at radius 2 is 2.04 bits per heavy atom. The second-order valence-corrected chi connectivity index (χ2v) is 6.91. The predicted molar refractivity (Wildman–Crippen MR) is 96.2 cm³/mol. The molecule has 3 aromatic rings. The van der Waals surface area contributed by atoms with E-state index < -0.39 is 11.6 Å². The Kier molecular flexibility index (Phi) is 3.07. The first-order valence-corrected chi connectivity index (χ1v) is 8.73. The lowest BCUT2D eigenvalue weighted by Crippen LogP contribution is -2.44. The van der Waals surface area contributed by atoms with E-state index in [0.29, 0.717) is 27.9 Å². The summed E-state index contributed by atoms with van der Waals surface area (Å²) >= 11 is 0. The topological polar surface area (TPSA) is 102 Å². The highest BCUT2D eigenvalue weighted by atomic mass is 16.6. The van der Waals surface area contributed by atoms with Crippen molar-refractivity contribution in [1.82, 2.24) is 9.55 Å². The van der Waals surface area contributed by atoms with E-state index in [2.05, 4.69) is 4.98 Å². The van der Waals surface area contributed by atoms with Gasteiger partial charge in [0.05, 0.1) is 29.0 Å². The van der Waals surface area contributed by atoms with E-state index in [9.17, 15) is 19.8 Å². The lowest BCUT2D eigenvalue weighted by atomic mass is 9.86. The monoisotopic (exact) mass is 364 g/mol. The van der Waals surface area contributed by atoms with Crippen molar-refractivity contribution in [3.63, 3.8) is 0 Å². The molecule has 2 aliphatic heterocycles. The highest BCUT2D eigenvalue weighted by Gasteiger charge is 2.45. The molecule has 136 valence electrons. The quantitative estimate of drug-likeness (QED) is 0.499. The lowest BCUT2D eigenvalue weighted by Gasteiger charge is -2.31. The molecule has 2 aromatic heterocycles. The van der Waals surface area contributed by atoms with Crippen molar-refractivity contribution in [2.24, 2.45) is 0 Å². The Balaban J connectivity index is 1.84. The number of aromatic hydroxyl groups is 1. The van der Waals surface area contributed by atoms with Crippen LogP contribution >= 0.6 is 0 Å². The van der Waals surface area contributed by atoms with Crippen LogP contribution in [0.3, 0.4) is 0 Å². The second kappa shape index (κ2) is 5.17. The molecule has 0 fully saturated rings.